The van der Waals surface area contributed by atoms with Crippen molar-refractivity contribution >= 4 is 22.5 Å². The van der Waals surface area contributed by atoms with Crippen molar-refractivity contribution in [2.75, 3.05) is 0 Å². The van der Waals surface area contributed by atoms with Gasteiger partial charge in [-0.3, -0.25) is 0 Å². The van der Waals surface area contributed by atoms with E-state index in [9.17, 15) is 13.2 Å². The third-order valence-electron chi connectivity index (χ3n) is 2.98. The van der Waals surface area contributed by atoms with E-state index < -0.39 is 12.0 Å². The third kappa shape index (κ3) is 2.56. The van der Waals surface area contributed by atoms with E-state index in [0.29, 0.717) is 10.9 Å². The number of rotatable bonds is 1. The van der Waals surface area contributed by atoms with Crippen molar-refractivity contribution in [3.63, 3.8) is 0 Å². The summed E-state index contributed by atoms with van der Waals surface area (Å²) in [5, 5.41) is 0.652. The summed E-state index contributed by atoms with van der Waals surface area (Å²) in [6, 6.07) is 13.5. The molecule has 0 N–H and O–H groups in total. The first-order chi connectivity index (χ1) is 9.97. The van der Waals surface area contributed by atoms with Gasteiger partial charge in [0.05, 0.1) is 16.2 Å². The molecule has 0 saturated heterocycles. The molecule has 3 rings (SSSR count). The van der Waals surface area contributed by atoms with E-state index in [1.807, 2.05) is 0 Å². The molecule has 0 unspecified atom stereocenters. The van der Waals surface area contributed by atoms with Crippen LogP contribution in [0.5, 0.6) is 0 Å². The lowest BCUT2D eigenvalue weighted by Gasteiger charge is -2.11. The van der Waals surface area contributed by atoms with Crippen LogP contribution in [-0.4, -0.2) is 9.97 Å². The number of benzene rings is 2. The van der Waals surface area contributed by atoms with Gasteiger partial charge in [-0.2, -0.15) is 13.2 Å². The molecular formula is C15H8ClF3N2. The Kier molecular flexibility index (Phi) is 3.29. The predicted octanol–water partition coefficient (Wildman–Crippen LogP) is 4.97. The van der Waals surface area contributed by atoms with Crippen LogP contribution in [0.3, 0.4) is 0 Å². The van der Waals surface area contributed by atoms with Crippen LogP contribution in [0.1, 0.15) is 5.82 Å². The van der Waals surface area contributed by atoms with Gasteiger partial charge in [0.15, 0.2) is 0 Å². The molecule has 0 amide bonds. The zero-order valence-corrected chi connectivity index (χ0v) is 11.3. The molecule has 0 aliphatic heterocycles. The molecule has 1 aromatic heterocycles. The van der Waals surface area contributed by atoms with Crippen molar-refractivity contribution in [2.45, 2.75) is 6.18 Å². The van der Waals surface area contributed by atoms with Gasteiger partial charge in [0, 0.05) is 10.9 Å². The Balaban J connectivity index is 2.39. The molecule has 3 aromatic rings. The summed E-state index contributed by atoms with van der Waals surface area (Å²) in [6.07, 6.45) is -4.63. The highest BCUT2D eigenvalue weighted by molar-refractivity contribution is 6.35. The Morgan fingerprint density at radius 3 is 2.24 bits per heavy atom. The van der Waals surface area contributed by atoms with Crippen LogP contribution in [0.4, 0.5) is 13.2 Å². The standard InChI is InChI=1S/C15H8ClF3N2/c16-11-8-4-7-10-12(9-5-2-1-3-6-9)20-14(15(17,18)19)21-13(10)11/h1-8H. The van der Waals surface area contributed by atoms with Crippen LogP contribution >= 0.6 is 11.6 Å². The fourth-order valence-electron chi connectivity index (χ4n) is 2.06. The van der Waals surface area contributed by atoms with Crippen molar-refractivity contribution in [3.8, 4) is 11.3 Å². The molecule has 1 heterocycles. The summed E-state index contributed by atoms with van der Waals surface area (Å²) in [4.78, 5) is 7.25. The van der Waals surface area contributed by atoms with Crippen LogP contribution in [0.15, 0.2) is 48.5 Å². The van der Waals surface area contributed by atoms with E-state index in [-0.39, 0.29) is 16.2 Å². The summed E-state index contributed by atoms with van der Waals surface area (Å²) in [6.45, 7) is 0. The zero-order valence-electron chi connectivity index (χ0n) is 10.5. The molecule has 0 atom stereocenters. The van der Waals surface area contributed by atoms with Gasteiger partial charge in [0.2, 0.25) is 5.82 Å². The van der Waals surface area contributed by atoms with Crippen molar-refractivity contribution in [2.24, 2.45) is 0 Å². The number of alkyl halides is 3. The molecule has 6 heteroatoms. The van der Waals surface area contributed by atoms with E-state index in [4.69, 9.17) is 11.6 Å². The van der Waals surface area contributed by atoms with Crippen LogP contribution in [0.2, 0.25) is 5.02 Å². The molecule has 0 aliphatic rings. The normalized spacial score (nSPS) is 11.8. The largest absolute Gasteiger partial charge is 0.451 e. The Morgan fingerprint density at radius 1 is 0.857 bits per heavy atom. The molecule has 106 valence electrons. The molecule has 0 radical (unpaired) electrons. The lowest BCUT2D eigenvalue weighted by atomic mass is 10.1. The topological polar surface area (TPSA) is 25.8 Å². The summed E-state index contributed by atoms with van der Waals surface area (Å²) in [5.41, 5.74) is 0.897. The lowest BCUT2D eigenvalue weighted by Crippen LogP contribution is -2.12. The fourth-order valence-corrected chi connectivity index (χ4v) is 2.28. The molecule has 0 saturated carbocycles. The molecule has 0 bridgehead atoms. The number of halogens is 4. The van der Waals surface area contributed by atoms with E-state index >= 15 is 0 Å². The molecule has 0 fully saturated rings. The predicted molar refractivity (Wildman–Crippen MR) is 75.0 cm³/mol. The van der Waals surface area contributed by atoms with E-state index in [2.05, 4.69) is 9.97 Å². The lowest BCUT2D eigenvalue weighted by molar-refractivity contribution is -0.144. The smallest absolute Gasteiger partial charge is 0.224 e. The monoisotopic (exact) mass is 308 g/mol. The first kappa shape index (κ1) is 13.8. The maximum absolute atomic E-state index is 13.0. The van der Waals surface area contributed by atoms with Gasteiger partial charge in [-0.25, -0.2) is 9.97 Å². The molecule has 2 nitrogen and oxygen atoms in total. The minimum atomic E-state index is -4.63. The molecule has 0 aliphatic carbocycles. The zero-order chi connectivity index (χ0) is 15.0. The maximum Gasteiger partial charge on any atom is 0.451 e. The van der Waals surface area contributed by atoms with Gasteiger partial charge in [-0.05, 0) is 6.07 Å². The third-order valence-corrected chi connectivity index (χ3v) is 3.28. The van der Waals surface area contributed by atoms with E-state index in [0.717, 1.165) is 0 Å². The Bertz CT molecular complexity index is 801. The summed E-state index contributed by atoms with van der Waals surface area (Å²) >= 11 is 5.98. The molecule has 0 spiro atoms. The second kappa shape index (κ2) is 5.00. The van der Waals surface area contributed by atoms with Gasteiger partial charge in [-0.15, -0.1) is 0 Å². The van der Waals surface area contributed by atoms with E-state index in [1.165, 1.54) is 6.07 Å². The number of aromatic nitrogens is 2. The quantitative estimate of drug-likeness (QED) is 0.634. The number of hydrogen-bond donors (Lipinski definition) is 0. The van der Waals surface area contributed by atoms with Gasteiger partial charge < -0.3 is 0 Å². The second-order valence-corrected chi connectivity index (χ2v) is 4.80. The maximum atomic E-state index is 13.0. The SMILES string of the molecule is FC(F)(F)c1nc(-c2ccccc2)c2cccc(Cl)c2n1. The van der Waals surface area contributed by atoms with Crippen molar-refractivity contribution < 1.29 is 13.2 Å². The highest BCUT2D eigenvalue weighted by Crippen LogP contribution is 2.34. The van der Waals surface area contributed by atoms with Gasteiger partial charge in [-0.1, -0.05) is 54.1 Å². The minimum Gasteiger partial charge on any atom is -0.224 e. The number of para-hydroxylation sites is 1. The highest BCUT2D eigenvalue weighted by atomic mass is 35.5. The first-order valence-corrected chi connectivity index (χ1v) is 6.43. The summed E-state index contributed by atoms with van der Waals surface area (Å²) in [7, 11) is 0. The van der Waals surface area contributed by atoms with Crippen LogP contribution in [0, 0.1) is 0 Å². The van der Waals surface area contributed by atoms with Crippen LogP contribution in [-0.2, 0) is 6.18 Å². The van der Waals surface area contributed by atoms with Crippen LogP contribution in [0.25, 0.3) is 22.2 Å². The minimum absolute atomic E-state index is 0.0975. The average molecular weight is 309 g/mol. The fraction of sp³-hybridized carbons (Fsp3) is 0.0667. The summed E-state index contributed by atoms with van der Waals surface area (Å²) in [5.74, 6) is -1.19. The number of fused-ring (bicyclic) bond motifs is 1. The average Bonchev–Trinajstić information content (AvgIpc) is 2.47. The van der Waals surface area contributed by atoms with Crippen LogP contribution < -0.4 is 0 Å². The van der Waals surface area contributed by atoms with Gasteiger partial charge in [0.1, 0.15) is 0 Å². The highest BCUT2D eigenvalue weighted by Gasteiger charge is 2.35. The second-order valence-electron chi connectivity index (χ2n) is 4.40. The molecular weight excluding hydrogens is 301 g/mol. The molecule has 21 heavy (non-hydrogen) atoms. The van der Waals surface area contributed by atoms with Gasteiger partial charge >= 0.3 is 6.18 Å². The Hall–Kier alpha value is -2.14. The number of hydrogen-bond acceptors (Lipinski definition) is 2. The van der Waals surface area contributed by atoms with Crippen molar-refractivity contribution in [1.82, 2.24) is 9.97 Å². The number of nitrogens with zero attached hydrogens (tertiary/aromatic N) is 2. The Morgan fingerprint density at radius 2 is 1.57 bits per heavy atom. The Labute approximate surface area is 123 Å². The molecule has 2 aromatic carbocycles. The summed E-state index contributed by atoms with van der Waals surface area (Å²) < 4.78 is 38.9. The van der Waals surface area contributed by atoms with Crippen molar-refractivity contribution in [1.29, 1.82) is 0 Å². The van der Waals surface area contributed by atoms with Gasteiger partial charge in [0.25, 0.3) is 0 Å². The van der Waals surface area contributed by atoms with E-state index in [1.54, 1.807) is 42.5 Å². The van der Waals surface area contributed by atoms with Crippen molar-refractivity contribution in [3.05, 3.63) is 59.4 Å². The first-order valence-electron chi connectivity index (χ1n) is 6.06.